The van der Waals surface area contributed by atoms with Gasteiger partial charge in [-0.15, -0.1) is 0 Å². The minimum atomic E-state index is -4.94. The van der Waals surface area contributed by atoms with Crippen LogP contribution in [0.15, 0.2) is 158 Å². The lowest BCUT2D eigenvalue weighted by Crippen LogP contribution is -2.30. The van der Waals surface area contributed by atoms with Crippen molar-refractivity contribution in [2.45, 2.75) is 334 Å². The second-order valence-corrected chi connectivity index (χ2v) is 29.7. The van der Waals surface area contributed by atoms with Crippen molar-refractivity contribution in [2.24, 2.45) is 0 Å². The number of allylic oxidation sites excluding steroid dienone is 26. The van der Waals surface area contributed by atoms with E-state index in [9.17, 15) is 43.5 Å². The summed E-state index contributed by atoms with van der Waals surface area (Å²) in [5.74, 6) is -1.61. The van der Waals surface area contributed by atoms with Gasteiger partial charge in [-0.3, -0.25) is 32.5 Å². The molecule has 0 amide bonds. The van der Waals surface area contributed by atoms with Crippen molar-refractivity contribution in [1.29, 1.82) is 0 Å². The molecule has 0 fully saturated rings. The first-order chi connectivity index (χ1) is 51.2. The maximum absolute atomic E-state index is 13.0. The number of phosphoric ester groups is 2. The molecule has 0 bridgehead atoms. The fourth-order valence-corrected chi connectivity index (χ4v) is 12.2. The van der Waals surface area contributed by atoms with E-state index in [2.05, 4.69) is 179 Å². The number of hydrogen-bond donors (Lipinski definition) is 4. The van der Waals surface area contributed by atoms with Crippen molar-refractivity contribution in [1.82, 2.24) is 0 Å². The molecule has 0 aromatic heterocycles. The van der Waals surface area contributed by atoms with Crippen LogP contribution in [0.4, 0.5) is 0 Å². The van der Waals surface area contributed by atoms with Crippen LogP contribution in [0.2, 0.25) is 0 Å². The Kier molecular flexibility index (Phi) is 75.1. The van der Waals surface area contributed by atoms with E-state index in [1.807, 2.05) is 0 Å². The van der Waals surface area contributed by atoms with E-state index >= 15 is 0 Å². The normalized spacial score (nSPS) is 14.8. The van der Waals surface area contributed by atoms with Crippen LogP contribution < -0.4 is 0 Å². The molecule has 5 atom stereocenters. The lowest BCUT2D eigenvalue weighted by molar-refractivity contribution is -0.161. The number of ether oxygens (including phenoxy) is 3. The number of esters is 3. The molecule has 0 aliphatic heterocycles. The van der Waals surface area contributed by atoms with E-state index in [4.69, 9.17) is 32.3 Å². The highest BCUT2D eigenvalue weighted by Crippen LogP contribution is 2.45. The van der Waals surface area contributed by atoms with Gasteiger partial charge in [0.1, 0.15) is 25.4 Å². The summed E-state index contributed by atoms with van der Waals surface area (Å²) in [4.78, 5) is 58.7. The summed E-state index contributed by atoms with van der Waals surface area (Å²) in [6, 6.07) is 0. The first kappa shape index (κ1) is 100. The molecular weight excluding hydrogens is 1360 g/mol. The lowest BCUT2D eigenvalue weighted by Gasteiger charge is -2.21. The maximum atomic E-state index is 13.0. The van der Waals surface area contributed by atoms with Gasteiger partial charge in [-0.2, -0.15) is 0 Å². The van der Waals surface area contributed by atoms with E-state index in [1.54, 1.807) is 0 Å². The Morgan fingerprint density at radius 3 is 0.800 bits per heavy atom. The number of carbonyl (C=O) groups excluding carboxylic acids is 3. The molecule has 0 aromatic rings. The second kappa shape index (κ2) is 78.7. The van der Waals surface area contributed by atoms with Gasteiger partial charge in [-0.25, -0.2) is 9.13 Å². The van der Waals surface area contributed by atoms with E-state index in [0.717, 1.165) is 173 Å². The Bertz CT molecular complexity index is 2540. The molecule has 4 N–H and O–H groups in total. The van der Waals surface area contributed by atoms with Gasteiger partial charge >= 0.3 is 33.6 Å². The minimum absolute atomic E-state index is 0.0798. The SMILES string of the molecule is CC/C=C\C/C=C\C/C=C\C/C=C\C/C=C\C/C=C\CCCCCCCCCCCCC(=O)OCC(O)COP(=O)(O)OCC(O)COP(=O)(O)OCC(COC(=O)CCCCCCCCCCC/C=C\C/C=C\C/C=C\C/C=C\CCCCC)OC(=O)CCCCCCC/C=C\C/C=C\C/C=C\CC. The summed E-state index contributed by atoms with van der Waals surface area (Å²) < 4.78 is 61.2. The molecule has 0 radical (unpaired) electrons. The smallest absolute Gasteiger partial charge is 0.463 e. The van der Waals surface area contributed by atoms with Crippen molar-refractivity contribution >= 4 is 33.6 Å². The number of aliphatic hydroxyl groups is 2. The third kappa shape index (κ3) is 80.0. The Labute approximate surface area is 638 Å². The van der Waals surface area contributed by atoms with Crippen LogP contribution in [0.3, 0.4) is 0 Å². The van der Waals surface area contributed by atoms with Crippen LogP contribution in [0.5, 0.6) is 0 Å². The third-order valence-corrected chi connectivity index (χ3v) is 18.6. The second-order valence-electron chi connectivity index (χ2n) is 26.8. The number of unbranched alkanes of at least 4 members (excludes halogenated alkanes) is 27. The summed E-state index contributed by atoms with van der Waals surface area (Å²) in [5, 5.41) is 20.7. The first-order valence-electron chi connectivity index (χ1n) is 40.8. The zero-order chi connectivity index (χ0) is 76.6. The number of hydrogen-bond acceptors (Lipinski definition) is 14. The van der Waals surface area contributed by atoms with Crippen molar-refractivity contribution in [2.75, 3.05) is 39.6 Å². The van der Waals surface area contributed by atoms with Gasteiger partial charge in [0.25, 0.3) is 0 Å². The van der Waals surface area contributed by atoms with Crippen LogP contribution >= 0.6 is 15.6 Å². The molecule has 0 rings (SSSR count). The molecule has 600 valence electrons. The number of carbonyl (C=O) groups is 3. The van der Waals surface area contributed by atoms with Crippen molar-refractivity contribution < 1.29 is 75.8 Å². The predicted octanol–water partition coefficient (Wildman–Crippen LogP) is 24.2. The molecule has 18 heteroatoms. The van der Waals surface area contributed by atoms with Crippen molar-refractivity contribution in [3.8, 4) is 0 Å². The van der Waals surface area contributed by atoms with Crippen LogP contribution in [0, 0.1) is 0 Å². The summed E-state index contributed by atoms with van der Waals surface area (Å²) >= 11 is 0. The van der Waals surface area contributed by atoms with Crippen molar-refractivity contribution in [3.05, 3.63) is 158 Å². The van der Waals surface area contributed by atoms with Crippen molar-refractivity contribution in [3.63, 3.8) is 0 Å². The molecule has 5 unspecified atom stereocenters. The molecule has 0 saturated carbocycles. The van der Waals surface area contributed by atoms with Crippen LogP contribution in [-0.2, 0) is 55.8 Å². The van der Waals surface area contributed by atoms with Crippen LogP contribution in [0.25, 0.3) is 0 Å². The summed E-state index contributed by atoms with van der Waals surface area (Å²) in [6.45, 7) is 2.40. The highest BCUT2D eigenvalue weighted by atomic mass is 31.2. The zero-order valence-electron chi connectivity index (χ0n) is 65.6. The van der Waals surface area contributed by atoms with Gasteiger partial charge < -0.3 is 34.2 Å². The average molecular weight is 1510 g/mol. The Hall–Kier alpha value is -4.83. The number of rotatable bonds is 76. The van der Waals surface area contributed by atoms with E-state index in [-0.39, 0.29) is 19.3 Å². The molecule has 0 aliphatic rings. The van der Waals surface area contributed by atoms with Gasteiger partial charge in [0.05, 0.1) is 26.4 Å². The highest BCUT2D eigenvalue weighted by molar-refractivity contribution is 7.47. The van der Waals surface area contributed by atoms with Gasteiger partial charge in [0, 0.05) is 19.3 Å². The fourth-order valence-electron chi connectivity index (χ4n) is 10.6. The summed E-state index contributed by atoms with van der Waals surface area (Å²) in [6.07, 6.45) is 98.6. The van der Waals surface area contributed by atoms with E-state index < -0.39 is 91.5 Å². The Morgan fingerprint density at radius 1 is 0.276 bits per heavy atom. The summed E-state index contributed by atoms with van der Waals surface area (Å²) in [7, 11) is -9.81. The number of aliphatic hydroxyl groups excluding tert-OH is 2. The zero-order valence-corrected chi connectivity index (χ0v) is 67.4. The Balaban J connectivity index is 4.57. The number of phosphoric acid groups is 2. The molecule has 0 aromatic carbocycles. The third-order valence-electron chi connectivity index (χ3n) is 16.7. The monoisotopic (exact) mass is 1510 g/mol. The summed E-state index contributed by atoms with van der Waals surface area (Å²) in [5.41, 5.74) is 0. The van der Waals surface area contributed by atoms with Crippen LogP contribution in [-0.4, -0.2) is 95.9 Å². The van der Waals surface area contributed by atoms with E-state index in [1.165, 1.54) is 83.5 Å². The molecule has 0 spiro atoms. The standard InChI is InChI=1S/C87H146O16P2/c1-4-7-10-13-16-19-22-25-28-30-32-34-36-38-39-40-41-43-45-46-48-50-53-55-58-61-64-67-70-73-85(90)97-76-82(88)77-99-104(93,94)100-78-83(89)79-101-105(95,96)102-81-84(103-87(92)75-72-69-66-63-60-57-52-27-24-21-18-15-12-9-6-3)80-98-86(91)74-71-68-65-62-59-56-54-51-49-47-44-42-37-35-33-31-29-26-23-20-17-14-11-8-5-2/h7,9-10,12,16-21,25-29,32-35,38-39,41-44,52,82-84,88-89H,4-6,8,11,13-15,22-24,30-31,36-37,40,45-51,53-81H2,1-3H3,(H,93,94)(H,95,96)/b10-7-,12-9-,19-16-,20-17-,21-18-,28-25-,29-26-,34-32-,35-33-,39-38-,43-41-,44-42-,52-27-. The van der Waals surface area contributed by atoms with Crippen LogP contribution in [0.1, 0.15) is 316 Å². The lowest BCUT2D eigenvalue weighted by atomic mass is 10.1. The molecule has 105 heavy (non-hydrogen) atoms. The predicted molar refractivity (Wildman–Crippen MR) is 435 cm³/mol. The quantitative estimate of drug-likeness (QED) is 0.0146. The molecule has 0 heterocycles. The van der Waals surface area contributed by atoms with Gasteiger partial charge in [-0.1, -0.05) is 307 Å². The fraction of sp³-hybridized carbons (Fsp3) is 0.667. The largest absolute Gasteiger partial charge is 0.472 e. The first-order valence-corrected chi connectivity index (χ1v) is 43.8. The topological polar surface area (TPSA) is 231 Å². The molecule has 16 nitrogen and oxygen atoms in total. The molecule has 0 aliphatic carbocycles. The highest BCUT2D eigenvalue weighted by Gasteiger charge is 2.29. The van der Waals surface area contributed by atoms with E-state index in [0.29, 0.717) is 19.3 Å². The van der Waals surface area contributed by atoms with Gasteiger partial charge in [-0.05, 0) is 148 Å². The maximum Gasteiger partial charge on any atom is 0.472 e. The average Bonchev–Trinajstić information content (AvgIpc) is 0.913. The van der Waals surface area contributed by atoms with Gasteiger partial charge in [0.2, 0.25) is 0 Å². The minimum Gasteiger partial charge on any atom is -0.463 e. The van der Waals surface area contributed by atoms with Gasteiger partial charge in [0.15, 0.2) is 6.10 Å². The molecular formula is C87H146O16P2. The Morgan fingerprint density at radius 2 is 0.505 bits per heavy atom. The molecule has 0 saturated heterocycles.